The molecule has 0 atom stereocenters. The van der Waals surface area contributed by atoms with Crippen molar-refractivity contribution in [3.8, 4) is 5.75 Å². The van der Waals surface area contributed by atoms with E-state index in [1.165, 1.54) is 6.42 Å². The highest BCUT2D eigenvalue weighted by Crippen LogP contribution is 2.27. The molecule has 6 nitrogen and oxygen atoms in total. The van der Waals surface area contributed by atoms with Gasteiger partial charge in [0.1, 0.15) is 12.4 Å². The summed E-state index contributed by atoms with van der Waals surface area (Å²) in [6, 6.07) is 5.09. The van der Waals surface area contributed by atoms with E-state index in [0.717, 1.165) is 37.0 Å². The first-order valence-electron chi connectivity index (χ1n) is 8.68. The molecule has 1 fully saturated rings. The fraction of sp³-hybridized carbons (Fsp3) is 0.556. The first-order chi connectivity index (χ1) is 11.7. The van der Waals surface area contributed by atoms with Gasteiger partial charge in [-0.1, -0.05) is 19.3 Å². The zero-order valence-corrected chi connectivity index (χ0v) is 13.8. The van der Waals surface area contributed by atoms with Crippen molar-refractivity contribution in [2.45, 2.75) is 38.5 Å². The van der Waals surface area contributed by atoms with Crippen LogP contribution >= 0.6 is 0 Å². The summed E-state index contributed by atoms with van der Waals surface area (Å²) in [5.41, 5.74) is 2.91. The maximum atomic E-state index is 12.7. The average Bonchev–Trinajstić information content (AvgIpc) is 2.62. The minimum absolute atomic E-state index is 0.157. The van der Waals surface area contributed by atoms with Crippen molar-refractivity contribution in [1.82, 2.24) is 10.4 Å². The van der Waals surface area contributed by atoms with Gasteiger partial charge in [0, 0.05) is 18.0 Å². The van der Waals surface area contributed by atoms with Crippen molar-refractivity contribution < 1.29 is 19.5 Å². The molecule has 3 rings (SSSR count). The highest BCUT2D eigenvalue weighted by atomic mass is 16.5. The molecule has 0 aromatic heterocycles. The van der Waals surface area contributed by atoms with Crippen molar-refractivity contribution in [2.24, 2.45) is 5.92 Å². The van der Waals surface area contributed by atoms with Gasteiger partial charge in [-0.05, 0) is 43.0 Å². The molecule has 0 radical (unpaired) electrons. The molecule has 0 bridgehead atoms. The Kier molecular flexibility index (Phi) is 5.35. The van der Waals surface area contributed by atoms with Crippen molar-refractivity contribution >= 4 is 11.8 Å². The van der Waals surface area contributed by atoms with E-state index in [1.807, 2.05) is 4.90 Å². The van der Waals surface area contributed by atoms with Crippen molar-refractivity contribution in [2.75, 3.05) is 19.7 Å². The van der Waals surface area contributed by atoms with Gasteiger partial charge in [-0.15, -0.1) is 0 Å². The Labute approximate surface area is 141 Å². The van der Waals surface area contributed by atoms with Gasteiger partial charge in [0.15, 0.2) is 0 Å². The van der Waals surface area contributed by atoms with Crippen LogP contribution in [0.15, 0.2) is 18.2 Å². The monoisotopic (exact) mass is 332 g/mol. The van der Waals surface area contributed by atoms with Crippen LogP contribution in [0.2, 0.25) is 0 Å². The Bertz CT molecular complexity index is 611. The molecule has 1 aliphatic carbocycles. The molecule has 1 saturated carbocycles. The Morgan fingerprint density at radius 3 is 2.71 bits per heavy atom. The second-order valence-electron chi connectivity index (χ2n) is 6.52. The number of benzene rings is 1. The average molecular weight is 332 g/mol. The molecule has 2 aliphatic rings. The van der Waals surface area contributed by atoms with E-state index < -0.39 is 5.91 Å². The minimum atomic E-state index is -0.546. The molecule has 1 aromatic rings. The number of amides is 2. The third-order valence-corrected chi connectivity index (χ3v) is 4.96. The van der Waals surface area contributed by atoms with Crippen LogP contribution in [0.5, 0.6) is 5.75 Å². The zero-order valence-electron chi connectivity index (χ0n) is 13.8. The topological polar surface area (TPSA) is 78.9 Å². The summed E-state index contributed by atoms with van der Waals surface area (Å²) in [6.45, 7) is 1.69. The number of carbonyl (C=O) groups excluding carboxylic acids is 2. The second kappa shape index (κ2) is 7.66. The smallest absolute Gasteiger partial charge is 0.274 e. The Morgan fingerprint density at radius 2 is 1.96 bits per heavy atom. The quantitative estimate of drug-likeness (QED) is 0.642. The third kappa shape index (κ3) is 3.70. The first kappa shape index (κ1) is 16.8. The number of rotatable bonds is 2. The fourth-order valence-corrected chi connectivity index (χ4v) is 3.58. The number of hydroxylamine groups is 1. The van der Waals surface area contributed by atoms with Gasteiger partial charge in [0.2, 0.25) is 5.91 Å². The summed E-state index contributed by atoms with van der Waals surface area (Å²) >= 11 is 0. The maximum absolute atomic E-state index is 12.7. The lowest BCUT2D eigenvalue weighted by Crippen LogP contribution is -2.41. The third-order valence-electron chi connectivity index (χ3n) is 4.96. The van der Waals surface area contributed by atoms with E-state index in [1.54, 1.807) is 23.7 Å². The predicted molar refractivity (Wildman–Crippen MR) is 88.0 cm³/mol. The second-order valence-corrected chi connectivity index (χ2v) is 6.52. The number of fused-ring (bicyclic) bond motifs is 1. The molecule has 130 valence electrons. The molecule has 1 heterocycles. The Balaban J connectivity index is 1.70. The van der Waals surface area contributed by atoms with Crippen molar-refractivity contribution in [3.63, 3.8) is 0 Å². The molecule has 2 N–H and O–H groups in total. The lowest BCUT2D eigenvalue weighted by Gasteiger charge is -2.31. The van der Waals surface area contributed by atoms with Gasteiger partial charge in [-0.2, -0.15) is 0 Å². The number of nitrogens with zero attached hydrogens (tertiary/aromatic N) is 1. The van der Waals surface area contributed by atoms with E-state index in [0.29, 0.717) is 31.7 Å². The molecule has 0 spiro atoms. The molecular formula is C18H24N2O4. The Morgan fingerprint density at radius 1 is 1.17 bits per heavy atom. The first-order valence-corrected chi connectivity index (χ1v) is 8.68. The maximum Gasteiger partial charge on any atom is 0.274 e. The summed E-state index contributed by atoms with van der Waals surface area (Å²) in [5, 5.41) is 8.77. The zero-order chi connectivity index (χ0) is 16.9. The predicted octanol–water partition coefficient (Wildman–Crippen LogP) is 2.15. The summed E-state index contributed by atoms with van der Waals surface area (Å²) in [7, 11) is 0. The number of carbonyl (C=O) groups is 2. The molecule has 0 saturated heterocycles. The molecule has 1 aliphatic heterocycles. The van der Waals surface area contributed by atoms with Crippen molar-refractivity contribution in [1.29, 1.82) is 0 Å². The largest absolute Gasteiger partial charge is 0.491 e. The molecule has 2 amide bonds. The van der Waals surface area contributed by atoms with Gasteiger partial charge >= 0.3 is 0 Å². The van der Waals surface area contributed by atoms with Gasteiger partial charge in [-0.25, -0.2) is 5.48 Å². The SMILES string of the molecule is O=C(NO)c1ccc2c(c1)CCN(C(=O)C1CCCCC1)CCO2. The number of ether oxygens (including phenoxy) is 1. The van der Waals surface area contributed by atoms with Crippen LogP contribution in [-0.4, -0.2) is 41.6 Å². The highest BCUT2D eigenvalue weighted by Gasteiger charge is 2.27. The standard InChI is InChI=1S/C18H24N2O4/c21-17(19-23)15-6-7-16-14(12-15)8-9-20(10-11-24-16)18(22)13-4-2-1-3-5-13/h6-7,12-13,23H,1-5,8-11H2,(H,19,21). The van der Waals surface area contributed by atoms with Gasteiger partial charge in [-0.3, -0.25) is 14.8 Å². The number of hydrogen-bond acceptors (Lipinski definition) is 4. The van der Waals surface area contributed by atoms with Crippen LogP contribution in [0.25, 0.3) is 0 Å². The number of nitrogens with one attached hydrogen (secondary N) is 1. The van der Waals surface area contributed by atoms with Crippen LogP contribution < -0.4 is 10.2 Å². The van der Waals surface area contributed by atoms with Crippen LogP contribution in [0.4, 0.5) is 0 Å². The van der Waals surface area contributed by atoms with Crippen LogP contribution in [0, 0.1) is 5.92 Å². The van der Waals surface area contributed by atoms with Crippen LogP contribution in [0.3, 0.4) is 0 Å². The van der Waals surface area contributed by atoms with Crippen molar-refractivity contribution in [3.05, 3.63) is 29.3 Å². The Hall–Kier alpha value is -2.08. The summed E-state index contributed by atoms with van der Waals surface area (Å²) in [5.74, 6) is 0.597. The minimum Gasteiger partial charge on any atom is -0.491 e. The van der Waals surface area contributed by atoms with E-state index in [4.69, 9.17) is 9.94 Å². The summed E-state index contributed by atoms with van der Waals surface area (Å²) in [6.07, 6.45) is 6.14. The normalized spacial score (nSPS) is 18.8. The molecule has 6 heteroatoms. The summed E-state index contributed by atoms with van der Waals surface area (Å²) in [4.78, 5) is 26.2. The van der Waals surface area contributed by atoms with E-state index >= 15 is 0 Å². The van der Waals surface area contributed by atoms with E-state index in [2.05, 4.69) is 0 Å². The lowest BCUT2D eigenvalue weighted by molar-refractivity contribution is -0.137. The highest BCUT2D eigenvalue weighted by molar-refractivity contribution is 5.93. The van der Waals surface area contributed by atoms with Gasteiger partial charge in [0.05, 0.1) is 6.54 Å². The molecule has 24 heavy (non-hydrogen) atoms. The number of hydrogen-bond donors (Lipinski definition) is 2. The van der Waals surface area contributed by atoms with E-state index in [-0.39, 0.29) is 11.8 Å². The van der Waals surface area contributed by atoms with E-state index in [9.17, 15) is 9.59 Å². The fourth-order valence-electron chi connectivity index (χ4n) is 3.58. The van der Waals surface area contributed by atoms with Gasteiger partial charge < -0.3 is 9.64 Å². The molecular weight excluding hydrogens is 308 g/mol. The molecule has 1 aromatic carbocycles. The lowest BCUT2D eigenvalue weighted by atomic mass is 9.88. The molecule has 0 unspecified atom stereocenters. The summed E-state index contributed by atoms with van der Waals surface area (Å²) < 4.78 is 5.78. The van der Waals surface area contributed by atoms with Crippen LogP contribution in [0.1, 0.15) is 48.0 Å². The van der Waals surface area contributed by atoms with Gasteiger partial charge in [0.25, 0.3) is 5.91 Å². The van der Waals surface area contributed by atoms with Crippen LogP contribution in [-0.2, 0) is 11.2 Å².